The van der Waals surface area contributed by atoms with Crippen LogP contribution in [0.1, 0.15) is 24.0 Å². The second-order valence-corrected chi connectivity index (χ2v) is 8.32. The molecule has 2 amide bonds. The summed E-state index contributed by atoms with van der Waals surface area (Å²) in [5, 5.41) is 3.18. The van der Waals surface area contributed by atoms with E-state index in [4.69, 9.17) is 4.74 Å². The molecule has 0 radical (unpaired) electrons. The van der Waals surface area contributed by atoms with Crippen LogP contribution >= 0.6 is 11.3 Å². The van der Waals surface area contributed by atoms with Gasteiger partial charge in [-0.1, -0.05) is 29.5 Å². The van der Waals surface area contributed by atoms with Gasteiger partial charge in [-0.25, -0.2) is 14.8 Å². The van der Waals surface area contributed by atoms with E-state index in [0.29, 0.717) is 46.4 Å². The molecule has 1 atom stereocenters. The standard InChI is InChI=1S/C20H20F3N5O2S/c1-30-16-15-17(25-11-24-16)31-18(26-15)27-19(29)28-7-3-5-13(10-28)8-12-4-2-6-14(9-12)20(21,22)23/h2,4,6,9,11,13H,3,5,7-8,10H2,1H3,(H,26,27,29). The number of hydrogen-bond donors (Lipinski definition) is 1. The lowest BCUT2D eigenvalue weighted by Crippen LogP contribution is -2.42. The van der Waals surface area contributed by atoms with Crippen molar-refractivity contribution < 1.29 is 22.7 Å². The van der Waals surface area contributed by atoms with Gasteiger partial charge in [0.05, 0.1) is 12.7 Å². The molecular weight excluding hydrogens is 431 g/mol. The molecule has 1 saturated heterocycles. The number of alkyl halides is 3. The number of ether oxygens (including phenoxy) is 1. The molecule has 1 aliphatic heterocycles. The number of nitrogens with one attached hydrogen (secondary N) is 1. The summed E-state index contributed by atoms with van der Waals surface area (Å²) >= 11 is 1.22. The van der Waals surface area contributed by atoms with Crippen molar-refractivity contribution in [2.75, 3.05) is 25.5 Å². The second-order valence-electron chi connectivity index (χ2n) is 7.34. The predicted octanol–water partition coefficient (Wildman–Crippen LogP) is 4.60. The molecule has 0 bridgehead atoms. The molecule has 3 heterocycles. The van der Waals surface area contributed by atoms with Crippen LogP contribution in [0.3, 0.4) is 0 Å². The third-order valence-corrected chi connectivity index (χ3v) is 6.03. The Morgan fingerprint density at radius 3 is 2.97 bits per heavy atom. The maximum atomic E-state index is 13.0. The number of urea groups is 1. The number of rotatable bonds is 4. The fraction of sp³-hybridized carbons (Fsp3) is 0.400. The summed E-state index contributed by atoms with van der Waals surface area (Å²) in [6.45, 7) is 1.05. The molecule has 0 saturated carbocycles. The Balaban J connectivity index is 1.41. The van der Waals surface area contributed by atoms with Crippen LogP contribution in [0.4, 0.5) is 23.1 Å². The Labute approximate surface area is 180 Å². The first-order valence-corrected chi connectivity index (χ1v) is 10.5. The van der Waals surface area contributed by atoms with E-state index in [0.717, 1.165) is 18.9 Å². The van der Waals surface area contributed by atoms with E-state index in [1.165, 1.54) is 36.9 Å². The molecule has 11 heteroatoms. The Hall–Kier alpha value is -2.95. The molecule has 31 heavy (non-hydrogen) atoms. The number of methoxy groups -OCH3 is 1. The van der Waals surface area contributed by atoms with Crippen LogP contribution in [0.5, 0.6) is 5.88 Å². The fourth-order valence-corrected chi connectivity index (χ4v) is 4.52. The number of anilines is 1. The maximum absolute atomic E-state index is 13.0. The molecule has 1 aromatic carbocycles. The normalized spacial score (nSPS) is 17.0. The summed E-state index contributed by atoms with van der Waals surface area (Å²) < 4.78 is 44.1. The molecule has 1 N–H and O–H groups in total. The van der Waals surface area contributed by atoms with Crippen molar-refractivity contribution in [1.29, 1.82) is 0 Å². The van der Waals surface area contributed by atoms with E-state index in [2.05, 4.69) is 20.3 Å². The van der Waals surface area contributed by atoms with Crippen molar-refractivity contribution in [2.24, 2.45) is 5.92 Å². The highest BCUT2D eigenvalue weighted by atomic mass is 32.1. The van der Waals surface area contributed by atoms with E-state index >= 15 is 0 Å². The Bertz CT molecular complexity index is 1090. The van der Waals surface area contributed by atoms with E-state index in [1.807, 2.05) is 0 Å². The monoisotopic (exact) mass is 451 g/mol. The lowest BCUT2D eigenvalue weighted by atomic mass is 9.91. The average molecular weight is 451 g/mol. The number of benzene rings is 1. The Kier molecular flexibility index (Phi) is 5.94. The summed E-state index contributed by atoms with van der Waals surface area (Å²) in [5.41, 5.74) is 0.454. The minimum absolute atomic E-state index is 0.0873. The highest BCUT2D eigenvalue weighted by Crippen LogP contribution is 2.31. The van der Waals surface area contributed by atoms with Gasteiger partial charge in [0.25, 0.3) is 0 Å². The smallest absolute Gasteiger partial charge is 0.416 e. The van der Waals surface area contributed by atoms with Gasteiger partial charge in [-0.2, -0.15) is 18.2 Å². The second kappa shape index (κ2) is 8.66. The van der Waals surface area contributed by atoms with Gasteiger partial charge in [-0.15, -0.1) is 0 Å². The van der Waals surface area contributed by atoms with Gasteiger partial charge < -0.3 is 9.64 Å². The zero-order valence-electron chi connectivity index (χ0n) is 16.6. The molecule has 2 aromatic heterocycles. The molecule has 0 spiro atoms. The number of carbonyl (C=O) groups is 1. The number of thiazole rings is 1. The summed E-state index contributed by atoms with van der Waals surface area (Å²) in [6, 6.07) is 5.09. The van der Waals surface area contributed by atoms with Crippen molar-refractivity contribution >= 4 is 32.8 Å². The average Bonchev–Trinajstić information content (AvgIpc) is 3.16. The van der Waals surface area contributed by atoms with E-state index < -0.39 is 11.7 Å². The van der Waals surface area contributed by atoms with Crippen molar-refractivity contribution in [3.63, 3.8) is 0 Å². The number of amides is 2. The fourth-order valence-electron chi connectivity index (χ4n) is 3.73. The first kappa shape index (κ1) is 21.3. The van der Waals surface area contributed by atoms with Gasteiger partial charge in [0.2, 0.25) is 5.88 Å². The number of nitrogens with zero attached hydrogens (tertiary/aromatic N) is 4. The lowest BCUT2D eigenvalue weighted by Gasteiger charge is -2.32. The van der Waals surface area contributed by atoms with E-state index in [1.54, 1.807) is 11.0 Å². The van der Waals surface area contributed by atoms with Crippen LogP contribution in [-0.2, 0) is 12.6 Å². The number of halogens is 3. The SMILES string of the molecule is COc1ncnc2sc(NC(=O)N3CCCC(Cc4cccc(C(F)(F)F)c4)C3)nc12. The van der Waals surface area contributed by atoms with Gasteiger partial charge in [0.1, 0.15) is 6.33 Å². The number of piperidine rings is 1. The van der Waals surface area contributed by atoms with Gasteiger partial charge in [0.15, 0.2) is 15.5 Å². The number of carbonyl (C=O) groups excluding carboxylic acids is 1. The third kappa shape index (κ3) is 4.87. The van der Waals surface area contributed by atoms with E-state index in [9.17, 15) is 18.0 Å². The van der Waals surface area contributed by atoms with Crippen LogP contribution in [0, 0.1) is 5.92 Å². The summed E-state index contributed by atoms with van der Waals surface area (Å²) in [4.78, 5) is 27.5. The minimum atomic E-state index is -4.36. The molecule has 1 fully saturated rings. The number of likely N-dealkylation sites (tertiary alicyclic amines) is 1. The van der Waals surface area contributed by atoms with Crippen molar-refractivity contribution in [2.45, 2.75) is 25.4 Å². The van der Waals surface area contributed by atoms with Crippen molar-refractivity contribution in [1.82, 2.24) is 19.9 Å². The topological polar surface area (TPSA) is 80.2 Å². The number of fused-ring (bicyclic) bond motifs is 1. The summed E-state index contributed by atoms with van der Waals surface area (Å²) in [6.07, 6.45) is -0.863. The minimum Gasteiger partial charge on any atom is -0.479 e. The van der Waals surface area contributed by atoms with E-state index in [-0.39, 0.29) is 11.9 Å². The van der Waals surface area contributed by atoms with Crippen LogP contribution in [-0.4, -0.2) is 46.1 Å². The molecule has 4 rings (SSSR count). The van der Waals surface area contributed by atoms with Crippen molar-refractivity contribution in [3.8, 4) is 5.88 Å². The summed E-state index contributed by atoms with van der Waals surface area (Å²) in [7, 11) is 1.48. The van der Waals surface area contributed by atoms with Crippen LogP contribution in [0.25, 0.3) is 10.3 Å². The van der Waals surface area contributed by atoms with Gasteiger partial charge in [-0.05, 0) is 36.8 Å². The third-order valence-electron chi connectivity index (χ3n) is 5.15. The Morgan fingerprint density at radius 1 is 1.35 bits per heavy atom. The molecule has 3 aromatic rings. The molecule has 164 valence electrons. The van der Waals surface area contributed by atoms with Crippen LogP contribution in [0.2, 0.25) is 0 Å². The zero-order valence-corrected chi connectivity index (χ0v) is 17.5. The molecule has 1 aliphatic rings. The Morgan fingerprint density at radius 2 is 2.19 bits per heavy atom. The zero-order chi connectivity index (χ0) is 22.0. The number of hydrogen-bond acceptors (Lipinski definition) is 6. The summed E-state index contributed by atoms with van der Waals surface area (Å²) in [5.74, 6) is 0.421. The highest BCUT2D eigenvalue weighted by Gasteiger charge is 2.31. The van der Waals surface area contributed by atoms with Gasteiger partial charge in [0, 0.05) is 13.1 Å². The first-order chi connectivity index (χ1) is 14.8. The predicted molar refractivity (Wildman–Crippen MR) is 110 cm³/mol. The molecular formula is C20H20F3N5O2S. The highest BCUT2D eigenvalue weighted by molar-refractivity contribution is 7.22. The van der Waals surface area contributed by atoms with Crippen molar-refractivity contribution in [3.05, 3.63) is 41.7 Å². The molecule has 1 unspecified atom stereocenters. The van der Waals surface area contributed by atoms with Crippen LogP contribution < -0.4 is 10.1 Å². The van der Waals surface area contributed by atoms with Crippen LogP contribution in [0.15, 0.2) is 30.6 Å². The largest absolute Gasteiger partial charge is 0.479 e. The number of aromatic nitrogens is 3. The van der Waals surface area contributed by atoms with Gasteiger partial charge in [-0.3, -0.25) is 5.32 Å². The maximum Gasteiger partial charge on any atom is 0.416 e. The lowest BCUT2D eigenvalue weighted by molar-refractivity contribution is -0.137. The quantitative estimate of drug-likeness (QED) is 0.627. The molecule has 7 nitrogen and oxygen atoms in total. The molecule has 0 aliphatic carbocycles. The van der Waals surface area contributed by atoms with Gasteiger partial charge >= 0.3 is 12.2 Å². The first-order valence-electron chi connectivity index (χ1n) is 9.71.